The summed E-state index contributed by atoms with van der Waals surface area (Å²) in [4.78, 5) is 24.8. The van der Waals surface area contributed by atoms with Gasteiger partial charge < -0.3 is 15.5 Å². The van der Waals surface area contributed by atoms with Crippen molar-refractivity contribution in [2.45, 2.75) is 6.42 Å². The van der Waals surface area contributed by atoms with Crippen molar-refractivity contribution in [3.8, 4) is 0 Å². The van der Waals surface area contributed by atoms with Gasteiger partial charge in [-0.2, -0.15) is 0 Å². The highest BCUT2D eigenvalue weighted by Gasteiger charge is 2.25. The lowest BCUT2D eigenvalue weighted by Crippen LogP contribution is -2.39. The van der Waals surface area contributed by atoms with Crippen molar-refractivity contribution in [2.24, 2.45) is 0 Å². The zero-order valence-corrected chi connectivity index (χ0v) is 10.4. The molecule has 1 aliphatic rings. The van der Waals surface area contributed by atoms with Crippen molar-refractivity contribution in [1.82, 2.24) is 10.6 Å². The third-order valence-electron chi connectivity index (χ3n) is 2.92. The summed E-state index contributed by atoms with van der Waals surface area (Å²) in [5.41, 5.74) is 2.02. The number of carbonyl (C=O) groups is 2. The van der Waals surface area contributed by atoms with Gasteiger partial charge >= 0.3 is 0 Å². The standard InChI is InChI=1S/C13H17N3O2/c1-14-9-12(17)15-6-7-16-11-5-3-2-4-10(11)8-13(16)18/h2-5,14H,6-9H2,1H3,(H,15,17). The molecule has 1 aliphatic heterocycles. The molecule has 1 aromatic carbocycles. The van der Waals surface area contributed by atoms with Crippen LogP contribution in [0, 0.1) is 0 Å². The second-order valence-electron chi connectivity index (χ2n) is 4.23. The largest absolute Gasteiger partial charge is 0.353 e. The van der Waals surface area contributed by atoms with Gasteiger partial charge in [-0.3, -0.25) is 9.59 Å². The van der Waals surface area contributed by atoms with E-state index in [0.29, 0.717) is 26.1 Å². The molecule has 0 bridgehead atoms. The number of benzene rings is 1. The Balaban J connectivity index is 1.90. The van der Waals surface area contributed by atoms with E-state index in [1.165, 1.54) is 0 Å². The first-order chi connectivity index (χ1) is 8.72. The maximum atomic E-state index is 11.8. The van der Waals surface area contributed by atoms with Crippen molar-refractivity contribution in [3.63, 3.8) is 0 Å². The molecule has 0 atom stereocenters. The lowest BCUT2D eigenvalue weighted by Gasteiger charge is -2.17. The summed E-state index contributed by atoms with van der Waals surface area (Å²) in [6, 6.07) is 7.76. The summed E-state index contributed by atoms with van der Waals surface area (Å²) in [5.74, 6) is 0.0384. The summed E-state index contributed by atoms with van der Waals surface area (Å²) in [6.45, 7) is 1.29. The fraction of sp³-hybridized carbons (Fsp3) is 0.385. The van der Waals surface area contributed by atoms with Crippen molar-refractivity contribution in [1.29, 1.82) is 0 Å². The Hall–Kier alpha value is -1.88. The smallest absolute Gasteiger partial charge is 0.234 e. The third-order valence-corrected chi connectivity index (χ3v) is 2.92. The summed E-state index contributed by atoms with van der Waals surface area (Å²) < 4.78 is 0. The Morgan fingerprint density at radius 1 is 1.39 bits per heavy atom. The fourth-order valence-electron chi connectivity index (χ4n) is 2.09. The minimum absolute atomic E-state index is 0.0579. The SMILES string of the molecule is CNCC(=O)NCCN1C(=O)Cc2ccccc21. The van der Waals surface area contributed by atoms with Crippen LogP contribution < -0.4 is 15.5 Å². The Morgan fingerprint density at radius 2 is 2.17 bits per heavy atom. The summed E-state index contributed by atoms with van der Waals surface area (Å²) in [7, 11) is 1.72. The molecule has 0 saturated carbocycles. The van der Waals surface area contributed by atoms with Crippen LogP contribution in [0.3, 0.4) is 0 Å². The van der Waals surface area contributed by atoms with Crippen LogP contribution in [0.5, 0.6) is 0 Å². The van der Waals surface area contributed by atoms with Crippen LogP contribution in [-0.4, -0.2) is 38.5 Å². The molecule has 0 spiro atoms. The minimum atomic E-state index is -0.0579. The highest BCUT2D eigenvalue weighted by molar-refractivity contribution is 6.01. The van der Waals surface area contributed by atoms with Crippen LogP contribution in [0.2, 0.25) is 0 Å². The number of amides is 2. The first-order valence-corrected chi connectivity index (χ1v) is 6.02. The molecule has 2 N–H and O–H groups in total. The van der Waals surface area contributed by atoms with Gasteiger partial charge in [0.1, 0.15) is 0 Å². The van der Waals surface area contributed by atoms with E-state index >= 15 is 0 Å². The molecule has 2 rings (SSSR count). The van der Waals surface area contributed by atoms with Crippen LogP contribution >= 0.6 is 0 Å². The summed E-state index contributed by atoms with van der Waals surface area (Å²) in [6.07, 6.45) is 0.459. The minimum Gasteiger partial charge on any atom is -0.353 e. The highest BCUT2D eigenvalue weighted by Crippen LogP contribution is 2.27. The van der Waals surface area contributed by atoms with Gasteiger partial charge in [0.2, 0.25) is 11.8 Å². The number of hydrogen-bond acceptors (Lipinski definition) is 3. The number of carbonyl (C=O) groups excluding carboxylic acids is 2. The van der Waals surface area contributed by atoms with E-state index in [1.807, 2.05) is 24.3 Å². The molecule has 0 saturated heterocycles. The molecular weight excluding hydrogens is 230 g/mol. The van der Waals surface area contributed by atoms with Gasteiger partial charge in [0, 0.05) is 18.8 Å². The Bertz CT molecular complexity index is 459. The zero-order valence-electron chi connectivity index (χ0n) is 10.4. The second-order valence-corrected chi connectivity index (χ2v) is 4.23. The molecule has 0 unspecified atom stereocenters. The zero-order chi connectivity index (χ0) is 13.0. The van der Waals surface area contributed by atoms with Crippen LogP contribution in [0.4, 0.5) is 5.69 Å². The lowest BCUT2D eigenvalue weighted by atomic mass is 10.2. The topological polar surface area (TPSA) is 61.4 Å². The summed E-state index contributed by atoms with van der Waals surface area (Å²) >= 11 is 0. The number of likely N-dealkylation sites (N-methyl/N-ethyl adjacent to an activating group) is 1. The predicted molar refractivity (Wildman–Crippen MR) is 69.4 cm³/mol. The molecule has 0 fully saturated rings. The number of fused-ring (bicyclic) bond motifs is 1. The number of rotatable bonds is 5. The van der Waals surface area contributed by atoms with Crippen molar-refractivity contribution >= 4 is 17.5 Å². The Morgan fingerprint density at radius 3 is 2.94 bits per heavy atom. The quantitative estimate of drug-likeness (QED) is 0.764. The second kappa shape index (κ2) is 5.64. The lowest BCUT2D eigenvalue weighted by molar-refractivity contribution is -0.120. The number of para-hydroxylation sites is 1. The number of nitrogens with zero attached hydrogens (tertiary/aromatic N) is 1. The van der Waals surface area contributed by atoms with E-state index in [0.717, 1.165) is 11.3 Å². The van der Waals surface area contributed by atoms with Crippen LogP contribution in [0.25, 0.3) is 0 Å². The molecular formula is C13H17N3O2. The first kappa shape index (κ1) is 12.6. The summed E-state index contributed by atoms with van der Waals surface area (Å²) in [5, 5.41) is 5.54. The van der Waals surface area contributed by atoms with Gasteiger partial charge in [0.15, 0.2) is 0 Å². The molecule has 0 aromatic heterocycles. The monoisotopic (exact) mass is 247 g/mol. The normalized spacial score (nSPS) is 13.6. The van der Waals surface area contributed by atoms with E-state index in [-0.39, 0.29) is 11.8 Å². The van der Waals surface area contributed by atoms with E-state index in [4.69, 9.17) is 0 Å². The van der Waals surface area contributed by atoms with Gasteiger partial charge in [0.05, 0.1) is 13.0 Å². The van der Waals surface area contributed by atoms with Crippen LogP contribution in [0.1, 0.15) is 5.56 Å². The van der Waals surface area contributed by atoms with Gasteiger partial charge in [-0.25, -0.2) is 0 Å². The van der Waals surface area contributed by atoms with Crippen molar-refractivity contribution < 1.29 is 9.59 Å². The Labute approximate surface area is 106 Å². The maximum Gasteiger partial charge on any atom is 0.234 e. The average Bonchev–Trinajstić information content (AvgIpc) is 2.66. The predicted octanol–water partition coefficient (Wildman–Crippen LogP) is -0.0887. The molecule has 1 aromatic rings. The van der Waals surface area contributed by atoms with E-state index < -0.39 is 0 Å². The number of anilines is 1. The third kappa shape index (κ3) is 2.68. The first-order valence-electron chi connectivity index (χ1n) is 6.02. The van der Waals surface area contributed by atoms with Crippen LogP contribution in [0.15, 0.2) is 24.3 Å². The molecule has 0 radical (unpaired) electrons. The molecule has 1 heterocycles. The van der Waals surface area contributed by atoms with Gasteiger partial charge in [-0.15, -0.1) is 0 Å². The maximum absolute atomic E-state index is 11.8. The molecule has 5 heteroatoms. The molecule has 96 valence electrons. The molecule has 18 heavy (non-hydrogen) atoms. The number of nitrogens with one attached hydrogen (secondary N) is 2. The van der Waals surface area contributed by atoms with Gasteiger partial charge in [-0.05, 0) is 18.7 Å². The van der Waals surface area contributed by atoms with Crippen molar-refractivity contribution in [3.05, 3.63) is 29.8 Å². The fourth-order valence-corrected chi connectivity index (χ4v) is 2.09. The van der Waals surface area contributed by atoms with Crippen molar-refractivity contribution in [2.75, 3.05) is 31.6 Å². The Kier molecular flexibility index (Phi) is 3.94. The van der Waals surface area contributed by atoms with E-state index in [9.17, 15) is 9.59 Å². The van der Waals surface area contributed by atoms with Gasteiger partial charge in [-0.1, -0.05) is 18.2 Å². The van der Waals surface area contributed by atoms with E-state index in [1.54, 1.807) is 11.9 Å². The molecule has 5 nitrogen and oxygen atoms in total. The van der Waals surface area contributed by atoms with Crippen LogP contribution in [-0.2, 0) is 16.0 Å². The average molecular weight is 247 g/mol. The molecule has 0 aliphatic carbocycles. The van der Waals surface area contributed by atoms with Gasteiger partial charge in [0.25, 0.3) is 0 Å². The van der Waals surface area contributed by atoms with E-state index in [2.05, 4.69) is 10.6 Å². The number of hydrogen-bond donors (Lipinski definition) is 2. The molecule has 2 amide bonds. The highest BCUT2D eigenvalue weighted by atomic mass is 16.2.